The van der Waals surface area contributed by atoms with Gasteiger partial charge in [-0.3, -0.25) is 4.79 Å². The third-order valence-corrected chi connectivity index (χ3v) is 3.75. The predicted octanol–water partition coefficient (Wildman–Crippen LogP) is 4.64. The van der Waals surface area contributed by atoms with E-state index >= 15 is 0 Å². The molecule has 0 radical (unpaired) electrons. The van der Waals surface area contributed by atoms with Crippen molar-refractivity contribution in [2.24, 2.45) is 0 Å². The molecule has 21 heavy (non-hydrogen) atoms. The van der Waals surface area contributed by atoms with Crippen LogP contribution < -0.4 is 10.1 Å². The summed E-state index contributed by atoms with van der Waals surface area (Å²) in [5.41, 5.74) is 2.59. The summed E-state index contributed by atoms with van der Waals surface area (Å²) in [4.78, 5) is 12.3. The van der Waals surface area contributed by atoms with E-state index in [1.807, 2.05) is 63.2 Å². The molecule has 110 valence electrons. The minimum atomic E-state index is -0.100. The van der Waals surface area contributed by atoms with Crippen molar-refractivity contribution in [3.05, 3.63) is 57.2 Å². The smallest absolute Gasteiger partial charge is 0.256 e. The number of carbonyl (C=O) groups is 1. The van der Waals surface area contributed by atoms with E-state index in [9.17, 15) is 4.79 Å². The van der Waals surface area contributed by atoms with Crippen LogP contribution in [-0.2, 0) is 0 Å². The molecule has 0 aliphatic heterocycles. The molecule has 2 aromatic carbocycles. The van der Waals surface area contributed by atoms with Crippen molar-refractivity contribution in [2.45, 2.75) is 26.9 Å². The summed E-state index contributed by atoms with van der Waals surface area (Å²) in [7, 11) is 0. The van der Waals surface area contributed by atoms with E-state index in [-0.39, 0.29) is 12.0 Å². The Morgan fingerprint density at radius 2 is 1.81 bits per heavy atom. The second-order valence-electron chi connectivity index (χ2n) is 5.13. The number of hydrogen-bond donors (Lipinski definition) is 1. The molecule has 4 heteroatoms. The molecule has 0 atom stereocenters. The maximum Gasteiger partial charge on any atom is 0.256 e. The van der Waals surface area contributed by atoms with E-state index in [1.54, 1.807) is 0 Å². The van der Waals surface area contributed by atoms with Crippen molar-refractivity contribution >= 4 is 34.2 Å². The van der Waals surface area contributed by atoms with Gasteiger partial charge in [0.25, 0.3) is 5.91 Å². The van der Waals surface area contributed by atoms with Gasteiger partial charge in [-0.15, -0.1) is 0 Å². The molecule has 0 fully saturated rings. The lowest BCUT2D eigenvalue weighted by Crippen LogP contribution is -2.13. The Bertz CT molecular complexity index is 636. The average Bonchev–Trinajstić information content (AvgIpc) is 2.40. The molecule has 0 aliphatic carbocycles. The molecule has 0 heterocycles. The summed E-state index contributed by atoms with van der Waals surface area (Å²) >= 11 is 2.18. The Balaban J connectivity index is 2.08. The lowest BCUT2D eigenvalue weighted by atomic mass is 10.1. The number of hydrogen-bond acceptors (Lipinski definition) is 2. The molecule has 0 saturated carbocycles. The number of anilines is 1. The number of amides is 1. The maximum absolute atomic E-state index is 12.3. The second-order valence-corrected chi connectivity index (χ2v) is 6.29. The first-order valence-corrected chi connectivity index (χ1v) is 7.88. The Hall–Kier alpha value is -1.56. The molecule has 2 aromatic rings. The lowest BCUT2D eigenvalue weighted by Gasteiger charge is -2.11. The molecule has 1 amide bonds. The van der Waals surface area contributed by atoms with Crippen molar-refractivity contribution in [1.29, 1.82) is 0 Å². The summed E-state index contributed by atoms with van der Waals surface area (Å²) in [6.07, 6.45) is 0.138. The van der Waals surface area contributed by atoms with Gasteiger partial charge in [-0.1, -0.05) is 11.6 Å². The molecule has 0 saturated heterocycles. The third kappa shape index (κ3) is 4.46. The Morgan fingerprint density at radius 1 is 1.14 bits per heavy atom. The van der Waals surface area contributed by atoms with Gasteiger partial charge in [0, 0.05) is 9.26 Å². The quantitative estimate of drug-likeness (QED) is 0.767. The normalized spacial score (nSPS) is 10.5. The summed E-state index contributed by atoms with van der Waals surface area (Å²) in [5, 5.41) is 2.90. The van der Waals surface area contributed by atoms with Crippen LogP contribution in [0.3, 0.4) is 0 Å². The first-order chi connectivity index (χ1) is 9.95. The highest BCUT2D eigenvalue weighted by Gasteiger charge is 2.10. The summed E-state index contributed by atoms with van der Waals surface area (Å²) in [5.74, 6) is 0.699. The van der Waals surface area contributed by atoms with Gasteiger partial charge in [-0.05, 0) is 79.8 Å². The minimum absolute atomic E-state index is 0.100. The van der Waals surface area contributed by atoms with Crippen LogP contribution in [0.2, 0.25) is 0 Å². The standard InChI is InChI=1S/C17H18INO2/c1-11(2)21-14-7-5-13(6-8-14)19-17(20)15-9-4-12(3)10-16(15)18/h4-11H,1-3H3,(H,19,20). The van der Waals surface area contributed by atoms with Gasteiger partial charge in [-0.2, -0.15) is 0 Å². The van der Waals surface area contributed by atoms with Gasteiger partial charge >= 0.3 is 0 Å². The number of halogens is 1. The van der Waals surface area contributed by atoms with Gasteiger partial charge in [0.2, 0.25) is 0 Å². The average molecular weight is 395 g/mol. The molecule has 0 spiro atoms. The topological polar surface area (TPSA) is 38.3 Å². The molecular formula is C17H18INO2. The fraction of sp³-hybridized carbons (Fsp3) is 0.235. The lowest BCUT2D eigenvalue weighted by molar-refractivity contribution is 0.102. The van der Waals surface area contributed by atoms with Crippen molar-refractivity contribution in [3.8, 4) is 5.75 Å². The highest BCUT2D eigenvalue weighted by molar-refractivity contribution is 14.1. The SMILES string of the molecule is Cc1ccc(C(=O)Nc2ccc(OC(C)C)cc2)c(I)c1. The summed E-state index contributed by atoms with van der Waals surface area (Å²) in [6, 6.07) is 13.2. The van der Waals surface area contributed by atoms with Gasteiger partial charge in [0.05, 0.1) is 11.7 Å². The fourth-order valence-corrected chi connectivity index (χ4v) is 2.81. The van der Waals surface area contributed by atoms with E-state index in [0.717, 1.165) is 20.6 Å². The molecule has 3 nitrogen and oxygen atoms in total. The summed E-state index contributed by atoms with van der Waals surface area (Å²) < 4.78 is 6.53. The fourth-order valence-electron chi connectivity index (χ4n) is 1.89. The first-order valence-electron chi connectivity index (χ1n) is 6.80. The van der Waals surface area contributed by atoms with E-state index in [1.165, 1.54) is 0 Å². The van der Waals surface area contributed by atoms with E-state index in [4.69, 9.17) is 4.74 Å². The highest BCUT2D eigenvalue weighted by Crippen LogP contribution is 2.19. The molecule has 1 N–H and O–H groups in total. The van der Waals surface area contributed by atoms with Gasteiger partial charge < -0.3 is 10.1 Å². The van der Waals surface area contributed by atoms with Crippen LogP contribution in [0, 0.1) is 10.5 Å². The predicted molar refractivity (Wildman–Crippen MR) is 94.1 cm³/mol. The van der Waals surface area contributed by atoms with E-state index < -0.39 is 0 Å². The van der Waals surface area contributed by atoms with Crippen molar-refractivity contribution in [1.82, 2.24) is 0 Å². The van der Waals surface area contributed by atoms with Crippen LogP contribution >= 0.6 is 22.6 Å². The van der Waals surface area contributed by atoms with E-state index in [2.05, 4.69) is 27.9 Å². The Morgan fingerprint density at radius 3 is 2.38 bits per heavy atom. The largest absolute Gasteiger partial charge is 0.491 e. The second kappa shape index (κ2) is 6.93. The van der Waals surface area contributed by atoms with E-state index in [0.29, 0.717) is 5.56 Å². The zero-order chi connectivity index (χ0) is 15.4. The number of rotatable bonds is 4. The Kier molecular flexibility index (Phi) is 5.22. The van der Waals surface area contributed by atoms with Crippen LogP contribution in [-0.4, -0.2) is 12.0 Å². The van der Waals surface area contributed by atoms with Crippen molar-refractivity contribution in [3.63, 3.8) is 0 Å². The number of benzene rings is 2. The molecule has 0 aliphatic rings. The summed E-state index contributed by atoms with van der Waals surface area (Å²) in [6.45, 7) is 5.97. The molecule has 0 unspecified atom stereocenters. The van der Waals surface area contributed by atoms with Crippen LogP contribution in [0.1, 0.15) is 29.8 Å². The molecular weight excluding hydrogens is 377 g/mol. The zero-order valence-electron chi connectivity index (χ0n) is 12.3. The molecule has 0 aromatic heterocycles. The van der Waals surface area contributed by atoms with Crippen LogP contribution in [0.25, 0.3) is 0 Å². The van der Waals surface area contributed by atoms with Gasteiger partial charge in [0.1, 0.15) is 5.75 Å². The van der Waals surface area contributed by atoms with Crippen LogP contribution in [0.4, 0.5) is 5.69 Å². The number of carbonyl (C=O) groups excluding carboxylic acids is 1. The number of nitrogens with one attached hydrogen (secondary N) is 1. The van der Waals surface area contributed by atoms with Gasteiger partial charge in [0.15, 0.2) is 0 Å². The highest BCUT2D eigenvalue weighted by atomic mass is 127. The minimum Gasteiger partial charge on any atom is -0.491 e. The maximum atomic E-state index is 12.3. The Labute approximate surface area is 138 Å². The van der Waals surface area contributed by atoms with Gasteiger partial charge in [-0.25, -0.2) is 0 Å². The third-order valence-electron chi connectivity index (χ3n) is 2.85. The number of aryl methyl sites for hydroxylation is 1. The van der Waals surface area contributed by atoms with Crippen molar-refractivity contribution < 1.29 is 9.53 Å². The molecule has 2 rings (SSSR count). The van der Waals surface area contributed by atoms with Crippen molar-refractivity contribution in [2.75, 3.05) is 5.32 Å². The monoisotopic (exact) mass is 395 g/mol. The number of ether oxygens (including phenoxy) is 1. The van der Waals surface area contributed by atoms with Crippen LogP contribution in [0.15, 0.2) is 42.5 Å². The first kappa shape index (κ1) is 15.8. The molecule has 0 bridgehead atoms. The van der Waals surface area contributed by atoms with Crippen LogP contribution in [0.5, 0.6) is 5.75 Å². The zero-order valence-corrected chi connectivity index (χ0v) is 14.5.